The molecule has 1 aliphatic heterocycles. The molecule has 1 aliphatic rings. The Hall–Kier alpha value is -3.88. The second kappa shape index (κ2) is 12.5. The SMILES string of the molecule is Cn1c(=O)c2c(OCCN3CCOCC3)c(C(=O)NCc3ccco3)sc2c2ccccc21.O=C(O)C(F)(F)F. The third-order valence-electron chi connectivity index (χ3n) is 6.10. The molecule has 4 heterocycles. The lowest BCUT2D eigenvalue weighted by molar-refractivity contribution is -0.192. The molecule has 14 heteroatoms. The van der Waals surface area contributed by atoms with E-state index in [0.29, 0.717) is 48.1 Å². The lowest BCUT2D eigenvalue weighted by atomic mass is 10.1. The summed E-state index contributed by atoms with van der Waals surface area (Å²) in [4.78, 5) is 38.0. The highest BCUT2D eigenvalue weighted by molar-refractivity contribution is 7.22. The van der Waals surface area contributed by atoms with Crippen LogP contribution < -0.4 is 15.6 Å². The smallest absolute Gasteiger partial charge is 0.490 e. The molecule has 3 aromatic heterocycles. The van der Waals surface area contributed by atoms with E-state index < -0.39 is 12.1 Å². The summed E-state index contributed by atoms with van der Waals surface area (Å²) in [5.74, 6) is -2.04. The zero-order valence-corrected chi connectivity index (χ0v) is 22.1. The van der Waals surface area contributed by atoms with Crippen molar-refractivity contribution in [3.63, 3.8) is 0 Å². The van der Waals surface area contributed by atoms with E-state index in [1.54, 1.807) is 30.0 Å². The van der Waals surface area contributed by atoms with Gasteiger partial charge in [-0.15, -0.1) is 11.3 Å². The van der Waals surface area contributed by atoms with E-state index in [4.69, 9.17) is 23.8 Å². The molecule has 1 aromatic carbocycles. The van der Waals surface area contributed by atoms with Crippen LogP contribution in [0.15, 0.2) is 51.9 Å². The van der Waals surface area contributed by atoms with Crippen molar-refractivity contribution in [1.82, 2.24) is 14.8 Å². The minimum Gasteiger partial charge on any atom is -0.490 e. The van der Waals surface area contributed by atoms with Crippen LogP contribution in [0.4, 0.5) is 13.2 Å². The Morgan fingerprint density at radius 1 is 1.15 bits per heavy atom. The van der Waals surface area contributed by atoms with Crippen LogP contribution in [0.25, 0.3) is 21.0 Å². The van der Waals surface area contributed by atoms with E-state index in [1.807, 2.05) is 24.3 Å². The van der Waals surface area contributed by atoms with Crippen molar-refractivity contribution in [2.75, 3.05) is 39.5 Å². The van der Waals surface area contributed by atoms with Crippen molar-refractivity contribution in [2.24, 2.45) is 7.05 Å². The Kier molecular flexibility index (Phi) is 9.12. The van der Waals surface area contributed by atoms with Crippen LogP contribution in [0.5, 0.6) is 5.75 Å². The van der Waals surface area contributed by atoms with E-state index in [2.05, 4.69) is 10.2 Å². The number of morpholine rings is 1. The number of pyridine rings is 1. The van der Waals surface area contributed by atoms with Gasteiger partial charge in [-0.25, -0.2) is 4.79 Å². The topological polar surface area (TPSA) is 123 Å². The molecular formula is C26H26F3N3O7S. The molecule has 0 atom stereocenters. The normalized spacial score (nSPS) is 14.1. The number of furan rings is 1. The highest BCUT2D eigenvalue weighted by Gasteiger charge is 2.38. The number of aromatic nitrogens is 1. The summed E-state index contributed by atoms with van der Waals surface area (Å²) in [6.45, 7) is 4.42. The summed E-state index contributed by atoms with van der Waals surface area (Å²) in [5, 5.41) is 11.4. The summed E-state index contributed by atoms with van der Waals surface area (Å²) in [7, 11) is 1.75. The molecule has 1 fully saturated rings. The predicted octanol–water partition coefficient (Wildman–Crippen LogP) is 3.62. The Labute approximate surface area is 229 Å². The van der Waals surface area contributed by atoms with E-state index in [9.17, 15) is 22.8 Å². The fourth-order valence-electron chi connectivity index (χ4n) is 4.08. The third-order valence-corrected chi connectivity index (χ3v) is 7.31. The fraction of sp³-hybridized carbons (Fsp3) is 0.346. The second-order valence-corrected chi connectivity index (χ2v) is 9.73. The van der Waals surface area contributed by atoms with E-state index >= 15 is 0 Å². The number of carboxylic acid groups (broad SMARTS) is 1. The number of alkyl halides is 3. The number of aryl methyl sites for hydroxylation is 1. The standard InChI is InChI=1S/C24H25N3O5S.C2HF3O2/c1-26-18-7-3-2-6-17(18)21-19(24(26)29)20(32-14-10-27-8-12-30-13-9-27)22(33-21)23(28)25-15-16-5-4-11-31-16;3-2(4,5)1(6)7/h2-7,11H,8-10,12-15H2,1H3,(H,25,28);(H,6,7). The van der Waals surface area contributed by atoms with Gasteiger partial charge in [0.2, 0.25) is 0 Å². The van der Waals surface area contributed by atoms with Gasteiger partial charge >= 0.3 is 12.1 Å². The monoisotopic (exact) mass is 581 g/mol. The maximum Gasteiger partial charge on any atom is 0.490 e. The van der Waals surface area contributed by atoms with Gasteiger partial charge in [-0.2, -0.15) is 13.2 Å². The molecule has 2 N–H and O–H groups in total. The Morgan fingerprint density at radius 3 is 2.50 bits per heavy atom. The summed E-state index contributed by atoms with van der Waals surface area (Å²) in [5.41, 5.74) is 0.644. The van der Waals surface area contributed by atoms with Crippen LogP contribution in [0, 0.1) is 0 Å². The Bertz CT molecular complexity index is 1540. The molecule has 10 nitrogen and oxygen atoms in total. The molecule has 4 aromatic rings. The first-order valence-corrected chi connectivity index (χ1v) is 13.0. The average molecular weight is 582 g/mol. The number of hydrogen-bond donors (Lipinski definition) is 2. The van der Waals surface area contributed by atoms with Gasteiger partial charge in [0.25, 0.3) is 11.5 Å². The van der Waals surface area contributed by atoms with Crippen molar-refractivity contribution in [3.8, 4) is 5.75 Å². The van der Waals surface area contributed by atoms with Crippen LogP contribution in [0.3, 0.4) is 0 Å². The maximum atomic E-state index is 13.3. The first kappa shape index (κ1) is 29.1. The third kappa shape index (κ3) is 6.63. The number of ether oxygens (including phenoxy) is 2. The lowest BCUT2D eigenvalue weighted by Crippen LogP contribution is -2.38. The van der Waals surface area contributed by atoms with Crippen molar-refractivity contribution in [3.05, 3.63) is 63.7 Å². The fourth-order valence-corrected chi connectivity index (χ4v) is 5.27. The molecular weight excluding hydrogens is 555 g/mol. The van der Waals surface area contributed by atoms with Gasteiger partial charge in [-0.05, 0) is 18.2 Å². The van der Waals surface area contributed by atoms with Gasteiger partial charge in [0.15, 0.2) is 5.75 Å². The van der Waals surface area contributed by atoms with E-state index in [-0.39, 0.29) is 18.0 Å². The molecule has 0 bridgehead atoms. The van der Waals surface area contributed by atoms with Gasteiger partial charge in [0.1, 0.15) is 22.6 Å². The lowest BCUT2D eigenvalue weighted by Gasteiger charge is -2.26. The molecule has 40 heavy (non-hydrogen) atoms. The number of halogens is 3. The number of hydrogen-bond acceptors (Lipinski definition) is 8. The number of fused-ring (bicyclic) bond motifs is 3. The van der Waals surface area contributed by atoms with Crippen LogP contribution in [0.1, 0.15) is 15.4 Å². The summed E-state index contributed by atoms with van der Waals surface area (Å²) in [6.07, 6.45) is -3.52. The van der Waals surface area contributed by atoms with Crippen LogP contribution in [0.2, 0.25) is 0 Å². The summed E-state index contributed by atoms with van der Waals surface area (Å²) < 4.78 is 51.0. The molecule has 0 aliphatic carbocycles. The molecule has 5 rings (SSSR count). The Morgan fingerprint density at radius 2 is 1.85 bits per heavy atom. The van der Waals surface area contributed by atoms with Gasteiger partial charge in [-0.3, -0.25) is 14.5 Å². The number of carbonyl (C=O) groups excluding carboxylic acids is 1. The number of amides is 1. The minimum atomic E-state index is -5.08. The van der Waals surface area contributed by atoms with Crippen molar-refractivity contribution in [1.29, 1.82) is 0 Å². The number of rotatable bonds is 7. The van der Waals surface area contributed by atoms with E-state index in [1.165, 1.54) is 11.3 Å². The number of benzene rings is 1. The molecule has 0 saturated carbocycles. The van der Waals surface area contributed by atoms with Crippen molar-refractivity contribution in [2.45, 2.75) is 12.7 Å². The van der Waals surface area contributed by atoms with Gasteiger partial charge in [0, 0.05) is 32.1 Å². The van der Waals surface area contributed by atoms with Crippen LogP contribution in [-0.2, 0) is 23.1 Å². The molecule has 0 radical (unpaired) electrons. The summed E-state index contributed by atoms with van der Waals surface area (Å²) in [6, 6.07) is 11.3. The highest BCUT2D eigenvalue weighted by Crippen LogP contribution is 2.39. The number of carboxylic acids is 1. The highest BCUT2D eigenvalue weighted by atomic mass is 32.1. The van der Waals surface area contributed by atoms with Gasteiger partial charge < -0.3 is 28.9 Å². The van der Waals surface area contributed by atoms with Crippen molar-refractivity contribution >= 4 is 44.2 Å². The number of nitrogens with one attached hydrogen (secondary N) is 1. The summed E-state index contributed by atoms with van der Waals surface area (Å²) >= 11 is 1.29. The zero-order chi connectivity index (χ0) is 28.9. The Balaban J connectivity index is 0.000000470. The minimum absolute atomic E-state index is 0.175. The number of para-hydroxylation sites is 1. The van der Waals surface area contributed by atoms with E-state index in [0.717, 1.165) is 28.7 Å². The quantitative estimate of drug-likeness (QED) is 0.339. The number of thiophene rings is 1. The van der Waals surface area contributed by atoms with Crippen LogP contribution in [-0.4, -0.2) is 72.1 Å². The molecule has 0 unspecified atom stereocenters. The predicted molar refractivity (Wildman–Crippen MR) is 141 cm³/mol. The van der Waals surface area contributed by atoms with Gasteiger partial charge in [0.05, 0.1) is 36.2 Å². The van der Waals surface area contributed by atoms with Crippen LogP contribution >= 0.6 is 11.3 Å². The van der Waals surface area contributed by atoms with Crippen molar-refractivity contribution < 1.29 is 41.8 Å². The molecule has 1 saturated heterocycles. The average Bonchev–Trinajstić information content (AvgIpc) is 3.59. The molecule has 214 valence electrons. The first-order valence-electron chi connectivity index (χ1n) is 12.2. The zero-order valence-electron chi connectivity index (χ0n) is 21.3. The molecule has 1 amide bonds. The maximum absolute atomic E-state index is 13.3. The second-order valence-electron chi connectivity index (χ2n) is 8.71. The number of aliphatic carboxylic acids is 1. The van der Waals surface area contributed by atoms with Gasteiger partial charge in [-0.1, -0.05) is 18.2 Å². The number of nitrogens with zero attached hydrogens (tertiary/aromatic N) is 2. The largest absolute Gasteiger partial charge is 0.490 e. The number of carbonyl (C=O) groups is 2. The first-order chi connectivity index (χ1) is 19.1. The molecule has 0 spiro atoms.